The maximum Gasteiger partial charge on any atom is 0.307 e. The second kappa shape index (κ2) is 3.69. The standard InChI is InChI=1S/C12H11NO2/c1-8-4-10-5-9(6-12(14)15)2-3-11(10)13-7-8/h2-5,7H,6H2,1H3,(H,14,15). The number of pyridine rings is 1. The van der Waals surface area contributed by atoms with Crippen LogP contribution in [0, 0.1) is 6.92 Å². The third-order valence-corrected chi connectivity index (χ3v) is 2.24. The summed E-state index contributed by atoms with van der Waals surface area (Å²) in [5.74, 6) is -0.810. The normalized spacial score (nSPS) is 10.5. The Labute approximate surface area is 87.4 Å². The lowest BCUT2D eigenvalue weighted by Gasteiger charge is -2.01. The number of rotatable bonds is 2. The predicted octanol–water partition coefficient (Wildman–Crippen LogP) is 2.17. The summed E-state index contributed by atoms with van der Waals surface area (Å²) in [6.45, 7) is 1.97. The SMILES string of the molecule is Cc1cnc2ccc(CC(=O)O)cc2c1. The summed E-state index contributed by atoms with van der Waals surface area (Å²) in [5.41, 5.74) is 2.78. The molecule has 0 spiro atoms. The minimum absolute atomic E-state index is 0.0594. The van der Waals surface area contributed by atoms with Gasteiger partial charge in [-0.1, -0.05) is 6.07 Å². The van der Waals surface area contributed by atoms with Gasteiger partial charge in [-0.3, -0.25) is 9.78 Å². The molecule has 0 radical (unpaired) electrons. The molecule has 0 aliphatic heterocycles. The highest BCUT2D eigenvalue weighted by molar-refractivity contribution is 5.81. The zero-order valence-electron chi connectivity index (χ0n) is 8.40. The minimum Gasteiger partial charge on any atom is -0.481 e. The Bertz CT molecular complexity index is 520. The predicted molar refractivity (Wildman–Crippen MR) is 57.8 cm³/mol. The number of hydrogen-bond acceptors (Lipinski definition) is 2. The van der Waals surface area contributed by atoms with E-state index in [0.717, 1.165) is 22.0 Å². The number of carboxylic acid groups (broad SMARTS) is 1. The Balaban J connectivity index is 2.49. The van der Waals surface area contributed by atoms with Crippen LogP contribution in [-0.4, -0.2) is 16.1 Å². The van der Waals surface area contributed by atoms with Gasteiger partial charge in [0, 0.05) is 11.6 Å². The van der Waals surface area contributed by atoms with Crippen LogP contribution in [0.2, 0.25) is 0 Å². The van der Waals surface area contributed by atoms with Gasteiger partial charge in [-0.05, 0) is 36.2 Å². The fraction of sp³-hybridized carbons (Fsp3) is 0.167. The van der Waals surface area contributed by atoms with E-state index in [2.05, 4.69) is 4.98 Å². The van der Waals surface area contributed by atoms with E-state index in [4.69, 9.17) is 5.11 Å². The highest BCUT2D eigenvalue weighted by Crippen LogP contribution is 2.15. The first-order valence-electron chi connectivity index (χ1n) is 4.72. The van der Waals surface area contributed by atoms with Gasteiger partial charge in [0.1, 0.15) is 0 Å². The molecule has 1 heterocycles. The first kappa shape index (κ1) is 9.65. The van der Waals surface area contributed by atoms with E-state index in [9.17, 15) is 4.79 Å². The van der Waals surface area contributed by atoms with Crippen molar-refractivity contribution < 1.29 is 9.90 Å². The maximum atomic E-state index is 10.6. The van der Waals surface area contributed by atoms with Crippen LogP contribution in [0.25, 0.3) is 10.9 Å². The molecule has 0 amide bonds. The van der Waals surface area contributed by atoms with Crippen LogP contribution < -0.4 is 0 Å². The summed E-state index contributed by atoms with van der Waals surface area (Å²) in [4.78, 5) is 14.8. The van der Waals surface area contributed by atoms with Gasteiger partial charge in [-0.15, -0.1) is 0 Å². The van der Waals surface area contributed by atoms with E-state index in [1.54, 1.807) is 12.3 Å². The van der Waals surface area contributed by atoms with Gasteiger partial charge in [-0.25, -0.2) is 0 Å². The Kier molecular flexibility index (Phi) is 2.37. The van der Waals surface area contributed by atoms with Crippen molar-refractivity contribution in [1.82, 2.24) is 4.98 Å². The number of benzene rings is 1. The van der Waals surface area contributed by atoms with Crippen molar-refractivity contribution in [3.8, 4) is 0 Å². The molecule has 0 aliphatic rings. The van der Waals surface area contributed by atoms with Crippen LogP contribution >= 0.6 is 0 Å². The number of carbonyl (C=O) groups is 1. The van der Waals surface area contributed by atoms with Gasteiger partial charge in [0.2, 0.25) is 0 Å². The highest BCUT2D eigenvalue weighted by atomic mass is 16.4. The van der Waals surface area contributed by atoms with Gasteiger partial charge in [0.05, 0.1) is 11.9 Å². The number of aryl methyl sites for hydroxylation is 1. The largest absolute Gasteiger partial charge is 0.481 e. The third kappa shape index (κ3) is 2.13. The average Bonchev–Trinajstić information content (AvgIpc) is 2.16. The molecular weight excluding hydrogens is 190 g/mol. The van der Waals surface area contributed by atoms with Crippen molar-refractivity contribution in [2.75, 3.05) is 0 Å². The molecule has 1 N–H and O–H groups in total. The van der Waals surface area contributed by atoms with E-state index in [0.29, 0.717) is 0 Å². The van der Waals surface area contributed by atoms with Crippen molar-refractivity contribution in [3.63, 3.8) is 0 Å². The molecule has 15 heavy (non-hydrogen) atoms. The highest BCUT2D eigenvalue weighted by Gasteiger charge is 2.02. The molecule has 0 saturated heterocycles. The van der Waals surface area contributed by atoms with E-state index in [1.165, 1.54) is 0 Å². The third-order valence-electron chi connectivity index (χ3n) is 2.24. The van der Waals surface area contributed by atoms with Crippen LogP contribution in [0.15, 0.2) is 30.5 Å². The van der Waals surface area contributed by atoms with Gasteiger partial charge < -0.3 is 5.11 Å². The second-order valence-corrected chi connectivity index (χ2v) is 3.61. The summed E-state index contributed by atoms with van der Waals surface area (Å²) in [5, 5.41) is 9.67. The number of fused-ring (bicyclic) bond motifs is 1. The van der Waals surface area contributed by atoms with Crippen LogP contribution in [-0.2, 0) is 11.2 Å². The van der Waals surface area contributed by atoms with E-state index < -0.39 is 5.97 Å². The van der Waals surface area contributed by atoms with Crippen LogP contribution in [0.5, 0.6) is 0 Å². The number of carboxylic acids is 1. The quantitative estimate of drug-likeness (QED) is 0.810. The summed E-state index contributed by atoms with van der Waals surface area (Å²) in [7, 11) is 0. The molecule has 1 aromatic heterocycles. The molecule has 0 bridgehead atoms. The lowest BCUT2D eigenvalue weighted by molar-refractivity contribution is -0.136. The van der Waals surface area contributed by atoms with Crippen LogP contribution in [0.3, 0.4) is 0 Å². The summed E-state index contributed by atoms with van der Waals surface area (Å²) in [6, 6.07) is 7.54. The topological polar surface area (TPSA) is 50.2 Å². The molecule has 0 saturated carbocycles. The zero-order chi connectivity index (χ0) is 10.8. The second-order valence-electron chi connectivity index (χ2n) is 3.61. The fourth-order valence-electron chi connectivity index (χ4n) is 1.58. The molecule has 0 fully saturated rings. The monoisotopic (exact) mass is 201 g/mol. The molecule has 0 atom stereocenters. The molecule has 1 aromatic carbocycles. The number of aliphatic carboxylic acids is 1. The van der Waals surface area contributed by atoms with E-state index in [-0.39, 0.29) is 6.42 Å². The lowest BCUT2D eigenvalue weighted by atomic mass is 10.1. The number of aromatic nitrogens is 1. The van der Waals surface area contributed by atoms with Crippen molar-refractivity contribution in [2.45, 2.75) is 13.3 Å². The molecule has 2 aromatic rings. The first-order valence-corrected chi connectivity index (χ1v) is 4.72. The van der Waals surface area contributed by atoms with Crippen molar-refractivity contribution in [2.24, 2.45) is 0 Å². The van der Waals surface area contributed by atoms with Crippen molar-refractivity contribution >= 4 is 16.9 Å². The van der Waals surface area contributed by atoms with Gasteiger partial charge in [0.25, 0.3) is 0 Å². The Morgan fingerprint density at radius 3 is 2.93 bits per heavy atom. The Morgan fingerprint density at radius 1 is 1.40 bits per heavy atom. The average molecular weight is 201 g/mol. The zero-order valence-corrected chi connectivity index (χ0v) is 8.40. The van der Waals surface area contributed by atoms with E-state index in [1.807, 2.05) is 25.1 Å². The first-order chi connectivity index (χ1) is 7.15. The molecule has 0 aliphatic carbocycles. The smallest absolute Gasteiger partial charge is 0.307 e. The Morgan fingerprint density at radius 2 is 2.20 bits per heavy atom. The van der Waals surface area contributed by atoms with Gasteiger partial charge >= 0.3 is 5.97 Å². The molecule has 76 valence electrons. The molecular formula is C12H11NO2. The summed E-state index contributed by atoms with van der Waals surface area (Å²) in [6.07, 6.45) is 1.86. The molecule has 3 heteroatoms. The fourth-order valence-corrected chi connectivity index (χ4v) is 1.58. The summed E-state index contributed by atoms with van der Waals surface area (Å²) >= 11 is 0. The van der Waals surface area contributed by atoms with Crippen LogP contribution in [0.4, 0.5) is 0 Å². The van der Waals surface area contributed by atoms with Crippen molar-refractivity contribution in [3.05, 3.63) is 41.6 Å². The summed E-state index contributed by atoms with van der Waals surface area (Å²) < 4.78 is 0. The van der Waals surface area contributed by atoms with Gasteiger partial charge in [-0.2, -0.15) is 0 Å². The van der Waals surface area contributed by atoms with Crippen LogP contribution in [0.1, 0.15) is 11.1 Å². The van der Waals surface area contributed by atoms with Gasteiger partial charge in [0.15, 0.2) is 0 Å². The van der Waals surface area contributed by atoms with Crippen molar-refractivity contribution in [1.29, 1.82) is 0 Å². The molecule has 0 unspecified atom stereocenters. The van der Waals surface area contributed by atoms with E-state index >= 15 is 0 Å². The minimum atomic E-state index is -0.810. The number of nitrogens with zero attached hydrogens (tertiary/aromatic N) is 1. The Hall–Kier alpha value is -1.90. The lowest BCUT2D eigenvalue weighted by Crippen LogP contribution is -1.99. The number of hydrogen-bond donors (Lipinski definition) is 1. The molecule has 2 rings (SSSR count). The maximum absolute atomic E-state index is 10.6. The molecule has 3 nitrogen and oxygen atoms in total.